The summed E-state index contributed by atoms with van der Waals surface area (Å²) in [6.45, 7) is 2.13. The Kier molecular flexibility index (Phi) is 4.88. The Labute approximate surface area is 161 Å². The molecular formula is C21H18N4O3. The minimum absolute atomic E-state index is 0.213. The van der Waals surface area contributed by atoms with E-state index in [2.05, 4.69) is 15.3 Å². The van der Waals surface area contributed by atoms with Crippen LogP contribution < -0.4 is 10.1 Å². The van der Waals surface area contributed by atoms with Crippen LogP contribution in [0.3, 0.4) is 0 Å². The zero-order valence-electron chi connectivity index (χ0n) is 15.2. The third-order valence-electron chi connectivity index (χ3n) is 4.17. The summed E-state index contributed by atoms with van der Waals surface area (Å²) in [5.74, 6) is 2.14. The quantitative estimate of drug-likeness (QED) is 0.552. The molecule has 0 radical (unpaired) electrons. The number of furan rings is 1. The van der Waals surface area contributed by atoms with Gasteiger partial charge in [0.15, 0.2) is 5.76 Å². The van der Waals surface area contributed by atoms with E-state index in [4.69, 9.17) is 9.15 Å². The molecule has 0 bridgehead atoms. The minimum Gasteiger partial charge on any atom is -0.489 e. The summed E-state index contributed by atoms with van der Waals surface area (Å²) in [7, 11) is 0. The maximum atomic E-state index is 12.6. The second kappa shape index (κ2) is 7.79. The lowest BCUT2D eigenvalue weighted by atomic mass is 10.2. The summed E-state index contributed by atoms with van der Waals surface area (Å²) in [5.41, 5.74) is 1.23. The highest BCUT2D eigenvalue weighted by molar-refractivity contribution is 6.03. The molecule has 140 valence electrons. The number of imidazole rings is 1. The van der Waals surface area contributed by atoms with Gasteiger partial charge < -0.3 is 14.5 Å². The number of pyridine rings is 1. The van der Waals surface area contributed by atoms with Gasteiger partial charge in [0.1, 0.15) is 24.0 Å². The third-order valence-corrected chi connectivity index (χ3v) is 4.17. The van der Waals surface area contributed by atoms with Gasteiger partial charge in [0.2, 0.25) is 0 Å². The lowest BCUT2D eigenvalue weighted by molar-refractivity contribution is 0.0993. The Morgan fingerprint density at radius 3 is 2.71 bits per heavy atom. The third kappa shape index (κ3) is 3.78. The van der Waals surface area contributed by atoms with Crippen LogP contribution in [-0.2, 0) is 6.61 Å². The van der Waals surface area contributed by atoms with Crippen LogP contribution in [-0.4, -0.2) is 20.4 Å². The van der Waals surface area contributed by atoms with Gasteiger partial charge >= 0.3 is 0 Å². The fourth-order valence-corrected chi connectivity index (χ4v) is 2.74. The molecule has 1 aromatic carbocycles. The molecule has 7 heteroatoms. The first-order valence-corrected chi connectivity index (χ1v) is 8.72. The molecule has 0 spiro atoms. The standard InChI is InChI=1S/C21H18N4O3/c1-15-22-10-11-25(15)19-8-7-17(13-23-19)24-21(26)20-16(9-12-27-20)14-28-18-5-3-2-4-6-18/h2-13H,14H2,1H3,(H,24,26). The van der Waals surface area contributed by atoms with Crippen molar-refractivity contribution in [2.24, 2.45) is 0 Å². The van der Waals surface area contributed by atoms with E-state index in [1.54, 1.807) is 24.5 Å². The van der Waals surface area contributed by atoms with Crippen molar-refractivity contribution in [3.8, 4) is 11.6 Å². The number of para-hydroxylation sites is 1. The topological polar surface area (TPSA) is 82.2 Å². The maximum Gasteiger partial charge on any atom is 0.291 e. The van der Waals surface area contributed by atoms with E-state index < -0.39 is 0 Å². The Balaban J connectivity index is 1.43. The van der Waals surface area contributed by atoms with Crippen molar-refractivity contribution in [2.45, 2.75) is 13.5 Å². The van der Waals surface area contributed by atoms with Crippen LogP contribution in [0.2, 0.25) is 0 Å². The number of amides is 1. The summed E-state index contributed by atoms with van der Waals surface area (Å²) in [5, 5.41) is 2.79. The van der Waals surface area contributed by atoms with E-state index in [1.807, 2.05) is 54.1 Å². The first-order valence-electron chi connectivity index (χ1n) is 8.72. The minimum atomic E-state index is -0.356. The monoisotopic (exact) mass is 374 g/mol. The smallest absolute Gasteiger partial charge is 0.291 e. The summed E-state index contributed by atoms with van der Waals surface area (Å²) in [6.07, 6.45) is 6.61. The van der Waals surface area contributed by atoms with Crippen LogP contribution in [0.4, 0.5) is 5.69 Å². The lowest BCUT2D eigenvalue weighted by Crippen LogP contribution is -2.14. The molecule has 0 unspecified atom stereocenters. The SMILES string of the molecule is Cc1nccn1-c1ccc(NC(=O)c2occc2COc2ccccc2)cn1. The molecule has 3 heterocycles. The first-order chi connectivity index (χ1) is 13.7. The molecular weight excluding hydrogens is 356 g/mol. The van der Waals surface area contributed by atoms with E-state index in [0.29, 0.717) is 11.3 Å². The molecule has 28 heavy (non-hydrogen) atoms. The molecule has 0 saturated carbocycles. The molecule has 7 nitrogen and oxygen atoms in total. The van der Waals surface area contributed by atoms with E-state index in [1.165, 1.54) is 6.26 Å². The van der Waals surface area contributed by atoms with Crippen molar-refractivity contribution < 1.29 is 13.9 Å². The van der Waals surface area contributed by atoms with Crippen molar-refractivity contribution in [3.05, 3.63) is 90.5 Å². The van der Waals surface area contributed by atoms with Crippen LogP contribution >= 0.6 is 0 Å². The Bertz CT molecular complexity index is 1070. The van der Waals surface area contributed by atoms with Gasteiger partial charge in [-0.3, -0.25) is 9.36 Å². The zero-order valence-corrected chi connectivity index (χ0v) is 15.2. The highest BCUT2D eigenvalue weighted by Crippen LogP contribution is 2.18. The average molecular weight is 374 g/mol. The van der Waals surface area contributed by atoms with Gasteiger partial charge in [-0.2, -0.15) is 0 Å². The van der Waals surface area contributed by atoms with Gasteiger partial charge in [-0.05, 0) is 37.3 Å². The molecule has 1 amide bonds. The van der Waals surface area contributed by atoms with Crippen molar-refractivity contribution >= 4 is 11.6 Å². The zero-order chi connectivity index (χ0) is 19.3. The van der Waals surface area contributed by atoms with Crippen LogP contribution in [0.1, 0.15) is 21.9 Å². The van der Waals surface area contributed by atoms with Gasteiger partial charge in [0.25, 0.3) is 5.91 Å². The number of carbonyl (C=O) groups excluding carboxylic acids is 1. The van der Waals surface area contributed by atoms with E-state index >= 15 is 0 Å². The maximum absolute atomic E-state index is 12.6. The summed E-state index contributed by atoms with van der Waals surface area (Å²) in [4.78, 5) is 21.1. The number of hydrogen-bond donors (Lipinski definition) is 1. The number of ether oxygens (including phenoxy) is 1. The van der Waals surface area contributed by atoms with Crippen molar-refractivity contribution in [1.29, 1.82) is 0 Å². The number of aromatic nitrogens is 3. The second-order valence-corrected chi connectivity index (χ2v) is 6.08. The van der Waals surface area contributed by atoms with Crippen LogP contribution in [0, 0.1) is 6.92 Å². The number of hydrogen-bond acceptors (Lipinski definition) is 5. The van der Waals surface area contributed by atoms with Gasteiger partial charge in [-0.25, -0.2) is 9.97 Å². The normalized spacial score (nSPS) is 10.6. The molecule has 0 aliphatic carbocycles. The summed E-state index contributed by atoms with van der Waals surface area (Å²) >= 11 is 0. The Morgan fingerprint density at radius 2 is 2.00 bits per heavy atom. The van der Waals surface area contributed by atoms with Gasteiger partial charge in [0.05, 0.1) is 18.1 Å². The van der Waals surface area contributed by atoms with E-state index in [9.17, 15) is 4.79 Å². The number of carbonyl (C=O) groups is 1. The van der Waals surface area contributed by atoms with E-state index in [0.717, 1.165) is 17.4 Å². The molecule has 0 atom stereocenters. The van der Waals surface area contributed by atoms with Gasteiger partial charge in [-0.1, -0.05) is 18.2 Å². The molecule has 4 aromatic rings. The average Bonchev–Trinajstić information content (AvgIpc) is 3.37. The second-order valence-electron chi connectivity index (χ2n) is 6.08. The van der Waals surface area contributed by atoms with Crippen molar-refractivity contribution in [3.63, 3.8) is 0 Å². The molecule has 3 aromatic heterocycles. The van der Waals surface area contributed by atoms with E-state index in [-0.39, 0.29) is 18.3 Å². The molecule has 0 aliphatic heterocycles. The predicted molar refractivity (Wildman–Crippen MR) is 104 cm³/mol. The number of rotatable bonds is 6. The van der Waals surface area contributed by atoms with Crippen LogP contribution in [0.5, 0.6) is 5.75 Å². The highest BCUT2D eigenvalue weighted by atomic mass is 16.5. The van der Waals surface area contributed by atoms with Gasteiger partial charge in [-0.15, -0.1) is 0 Å². The number of nitrogens with one attached hydrogen (secondary N) is 1. The number of aryl methyl sites for hydroxylation is 1. The highest BCUT2D eigenvalue weighted by Gasteiger charge is 2.16. The molecule has 4 rings (SSSR count). The summed E-state index contributed by atoms with van der Waals surface area (Å²) < 4.78 is 12.9. The largest absolute Gasteiger partial charge is 0.489 e. The van der Waals surface area contributed by atoms with Gasteiger partial charge in [0, 0.05) is 18.0 Å². The molecule has 0 aliphatic rings. The van der Waals surface area contributed by atoms with Crippen molar-refractivity contribution in [1.82, 2.24) is 14.5 Å². The Hall–Kier alpha value is -3.87. The van der Waals surface area contributed by atoms with Crippen molar-refractivity contribution in [2.75, 3.05) is 5.32 Å². The number of benzene rings is 1. The first kappa shape index (κ1) is 17.5. The molecule has 0 saturated heterocycles. The van der Waals surface area contributed by atoms with Crippen LogP contribution in [0.15, 0.2) is 77.8 Å². The summed E-state index contributed by atoms with van der Waals surface area (Å²) in [6, 6.07) is 14.7. The predicted octanol–water partition coefficient (Wildman–Crippen LogP) is 4.00. The fraction of sp³-hybridized carbons (Fsp3) is 0.0952. The fourth-order valence-electron chi connectivity index (χ4n) is 2.74. The van der Waals surface area contributed by atoms with Crippen LogP contribution in [0.25, 0.3) is 5.82 Å². The number of anilines is 1. The molecule has 0 fully saturated rings. The Morgan fingerprint density at radius 1 is 1.14 bits per heavy atom. The molecule has 1 N–H and O–H groups in total. The lowest BCUT2D eigenvalue weighted by Gasteiger charge is -2.08. The number of nitrogens with zero attached hydrogens (tertiary/aromatic N) is 3.